The lowest BCUT2D eigenvalue weighted by molar-refractivity contribution is 0.644. The maximum absolute atomic E-state index is 5.90. The van der Waals surface area contributed by atoms with Gasteiger partial charge < -0.3 is 10.6 Å². The maximum Gasteiger partial charge on any atom is 0.0439 e. The van der Waals surface area contributed by atoms with E-state index in [2.05, 4.69) is 64.6 Å². The smallest absolute Gasteiger partial charge is 0.0439 e. The Morgan fingerprint density at radius 2 is 1.47 bits per heavy atom. The van der Waals surface area contributed by atoms with Crippen LogP contribution in [0.15, 0.2) is 18.2 Å². The molecule has 19 heavy (non-hydrogen) atoms. The van der Waals surface area contributed by atoms with Crippen molar-refractivity contribution in [1.29, 1.82) is 0 Å². The molecule has 0 fully saturated rings. The second-order valence-electron chi connectivity index (χ2n) is 5.97. The molecular weight excluding hydrogens is 232 g/mol. The third-order valence-electron chi connectivity index (χ3n) is 3.84. The van der Waals surface area contributed by atoms with Crippen molar-refractivity contribution in [3.8, 4) is 0 Å². The Morgan fingerprint density at radius 1 is 1.00 bits per heavy atom. The highest BCUT2D eigenvalue weighted by Crippen LogP contribution is 2.36. The van der Waals surface area contributed by atoms with Crippen LogP contribution >= 0.6 is 0 Å². The molecule has 2 heteroatoms. The van der Waals surface area contributed by atoms with E-state index in [0.717, 1.165) is 6.54 Å². The number of hydrogen-bond acceptors (Lipinski definition) is 2. The zero-order valence-electron chi connectivity index (χ0n) is 13.4. The Balaban J connectivity index is 3.42. The number of rotatable bonds is 6. The van der Waals surface area contributed by atoms with Gasteiger partial charge in [-0.3, -0.25) is 0 Å². The number of likely N-dealkylation sites (N-methyl/N-ethyl adjacent to an activating group) is 1. The zero-order valence-corrected chi connectivity index (χ0v) is 13.4. The molecule has 1 aromatic rings. The molecule has 0 spiro atoms. The van der Waals surface area contributed by atoms with Crippen LogP contribution in [0.3, 0.4) is 0 Å². The summed E-state index contributed by atoms with van der Waals surface area (Å²) < 4.78 is 0. The van der Waals surface area contributed by atoms with Crippen molar-refractivity contribution in [2.75, 3.05) is 18.0 Å². The van der Waals surface area contributed by atoms with Gasteiger partial charge in [0.15, 0.2) is 0 Å². The fourth-order valence-electron chi connectivity index (χ4n) is 2.66. The number of benzene rings is 1. The van der Waals surface area contributed by atoms with E-state index in [1.54, 1.807) is 0 Å². The third-order valence-corrected chi connectivity index (χ3v) is 3.84. The van der Waals surface area contributed by atoms with Crippen LogP contribution < -0.4 is 10.6 Å². The van der Waals surface area contributed by atoms with Gasteiger partial charge in [0.2, 0.25) is 0 Å². The average molecular weight is 262 g/mol. The van der Waals surface area contributed by atoms with E-state index >= 15 is 0 Å². The molecule has 2 N–H and O–H groups in total. The third kappa shape index (κ3) is 3.50. The van der Waals surface area contributed by atoms with Gasteiger partial charge in [-0.05, 0) is 36.8 Å². The molecule has 0 radical (unpaired) electrons. The molecule has 1 rings (SSSR count). The van der Waals surface area contributed by atoms with E-state index in [-0.39, 0.29) is 0 Å². The molecule has 0 bridgehead atoms. The molecule has 0 aromatic heterocycles. The summed E-state index contributed by atoms with van der Waals surface area (Å²) in [6, 6.07) is 7.09. The van der Waals surface area contributed by atoms with E-state index in [9.17, 15) is 0 Å². The largest absolute Gasteiger partial charge is 0.367 e. The SMILES string of the molecule is CCN(c1c(C(C)C)cccc1C(C)C)C(C)CN. The van der Waals surface area contributed by atoms with Gasteiger partial charge in [-0.2, -0.15) is 0 Å². The van der Waals surface area contributed by atoms with Crippen molar-refractivity contribution in [3.05, 3.63) is 29.3 Å². The summed E-state index contributed by atoms with van der Waals surface area (Å²) in [5.74, 6) is 1.07. The molecule has 0 aliphatic rings. The summed E-state index contributed by atoms with van der Waals surface area (Å²) in [4.78, 5) is 2.46. The molecule has 1 aromatic carbocycles. The highest BCUT2D eigenvalue weighted by atomic mass is 15.2. The Labute approximate surface area is 119 Å². The van der Waals surface area contributed by atoms with E-state index in [0.29, 0.717) is 24.4 Å². The van der Waals surface area contributed by atoms with Crippen LogP contribution in [0.25, 0.3) is 0 Å². The molecular formula is C17H30N2. The van der Waals surface area contributed by atoms with Crippen LogP contribution in [0.1, 0.15) is 64.5 Å². The Hall–Kier alpha value is -1.02. The van der Waals surface area contributed by atoms with Crippen LogP contribution in [0.4, 0.5) is 5.69 Å². The van der Waals surface area contributed by atoms with Crippen molar-refractivity contribution in [3.63, 3.8) is 0 Å². The van der Waals surface area contributed by atoms with E-state index in [4.69, 9.17) is 5.73 Å². The van der Waals surface area contributed by atoms with Gasteiger partial charge in [0.05, 0.1) is 0 Å². The molecule has 2 nitrogen and oxygen atoms in total. The summed E-state index contributed by atoms with van der Waals surface area (Å²) >= 11 is 0. The van der Waals surface area contributed by atoms with E-state index < -0.39 is 0 Å². The second-order valence-corrected chi connectivity index (χ2v) is 5.97. The minimum atomic E-state index is 0.377. The first kappa shape index (κ1) is 16.0. The number of hydrogen-bond donors (Lipinski definition) is 1. The average Bonchev–Trinajstić information content (AvgIpc) is 2.38. The highest BCUT2D eigenvalue weighted by molar-refractivity contribution is 5.62. The maximum atomic E-state index is 5.90. The van der Waals surface area contributed by atoms with Gasteiger partial charge in [-0.15, -0.1) is 0 Å². The van der Waals surface area contributed by atoms with Gasteiger partial charge in [0, 0.05) is 24.8 Å². The minimum absolute atomic E-state index is 0.377. The Kier molecular flexibility index (Phi) is 5.86. The first-order valence-electron chi connectivity index (χ1n) is 7.53. The van der Waals surface area contributed by atoms with E-state index in [1.165, 1.54) is 16.8 Å². The first-order chi connectivity index (χ1) is 8.93. The Bertz CT molecular complexity index is 370. The summed E-state index contributed by atoms with van der Waals surface area (Å²) in [5, 5.41) is 0. The Morgan fingerprint density at radius 3 is 1.79 bits per heavy atom. The van der Waals surface area contributed by atoms with Crippen LogP contribution in [0.2, 0.25) is 0 Å². The fraction of sp³-hybridized carbons (Fsp3) is 0.647. The number of nitrogens with two attached hydrogens (primary N) is 1. The van der Waals surface area contributed by atoms with Crippen molar-refractivity contribution >= 4 is 5.69 Å². The summed E-state index contributed by atoms with van der Waals surface area (Å²) in [7, 11) is 0. The van der Waals surface area contributed by atoms with Gasteiger partial charge in [0.1, 0.15) is 0 Å². The number of para-hydroxylation sites is 1. The molecule has 0 saturated heterocycles. The molecule has 0 aliphatic heterocycles. The van der Waals surface area contributed by atoms with Gasteiger partial charge in [-0.25, -0.2) is 0 Å². The quantitative estimate of drug-likeness (QED) is 0.836. The highest BCUT2D eigenvalue weighted by Gasteiger charge is 2.21. The molecule has 0 amide bonds. The molecule has 1 unspecified atom stereocenters. The van der Waals surface area contributed by atoms with Gasteiger partial charge >= 0.3 is 0 Å². The summed E-state index contributed by atoms with van der Waals surface area (Å²) in [5.41, 5.74) is 10.2. The summed E-state index contributed by atoms with van der Waals surface area (Å²) in [6.07, 6.45) is 0. The molecule has 1 atom stereocenters. The van der Waals surface area contributed by atoms with Gasteiger partial charge in [-0.1, -0.05) is 45.9 Å². The number of nitrogens with zero attached hydrogens (tertiary/aromatic N) is 1. The fourth-order valence-corrected chi connectivity index (χ4v) is 2.66. The zero-order chi connectivity index (χ0) is 14.6. The van der Waals surface area contributed by atoms with Gasteiger partial charge in [0.25, 0.3) is 0 Å². The standard InChI is InChI=1S/C17H30N2/c1-7-19(14(6)11-18)17-15(12(2)3)9-8-10-16(17)13(4)5/h8-10,12-14H,7,11,18H2,1-6H3. The molecule has 0 heterocycles. The lowest BCUT2D eigenvalue weighted by Crippen LogP contribution is -2.39. The first-order valence-corrected chi connectivity index (χ1v) is 7.53. The van der Waals surface area contributed by atoms with Crippen LogP contribution in [-0.4, -0.2) is 19.1 Å². The molecule has 108 valence electrons. The molecule has 0 aliphatic carbocycles. The monoisotopic (exact) mass is 262 g/mol. The van der Waals surface area contributed by atoms with Crippen molar-refractivity contribution < 1.29 is 0 Å². The van der Waals surface area contributed by atoms with E-state index in [1.807, 2.05) is 0 Å². The van der Waals surface area contributed by atoms with Crippen LogP contribution in [0, 0.1) is 0 Å². The van der Waals surface area contributed by atoms with Crippen molar-refractivity contribution in [2.24, 2.45) is 5.73 Å². The van der Waals surface area contributed by atoms with Crippen LogP contribution in [0.5, 0.6) is 0 Å². The second kappa shape index (κ2) is 6.95. The normalized spacial score (nSPS) is 13.1. The van der Waals surface area contributed by atoms with Crippen molar-refractivity contribution in [1.82, 2.24) is 0 Å². The number of anilines is 1. The van der Waals surface area contributed by atoms with Crippen molar-refractivity contribution in [2.45, 2.75) is 59.4 Å². The predicted molar refractivity (Wildman–Crippen MR) is 86.2 cm³/mol. The lowest BCUT2D eigenvalue weighted by atomic mass is 9.91. The van der Waals surface area contributed by atoms with Crippen LogP contribution in [-0.2, 0) is 0 Å². The molecule has 0 saturated carbocycles. The lowest BCUT2D eigenvalue weighted by Gasteiger charge is -2.35. The minimum Gasteiger partial charge on any atom is -0.367 e. The predicted octanol–water partition coefficient (Wildman–Crippen LogP) is 4.11. The topological polar surface area (TPSA) is 29.3 Å². The summed E-state index contributed by atoms with van der Waals surface area (Å²) in [6.45, 7) is 15.2.